The number of aromatic nitrogens is 2. The van der Waals surface area contributed by atoms with Gasteiger partial charge in [-0.05, 0) is 34.0 Å². The molecular weight excluding hydrogens is 216 g/mol. The molecule has 0 aliphatic rings. The summed E-state index contributed by atoms with van der Waals surface area (Å²) < 4.78 is 3.05. The van der Waals surface area contributed by atoms with Crippen LogP contribution in [-0.4, -0.2) is 9.38 Å². The first kappa shape index (κ1) is 7.80. The fourth-order valence-electron chi connectivity index (χ4n) is 1.20. The van der Waals surface area contributed by atoms with Gasteiger partial charge in [0.1, 0.15) is 10.3 Å². The van der Waals surface area contributed by atoms with Crippen LogP contribution < -0.4 is 0 Å². The summed E-state index contributed by atoms with van der Waals surface area (Å²) in [4.78, 5) is 4.21. The second-order valence-corrected chi connectivity index (χ2v) is 3.51. The van der Waals surface area contributed by atoms with Crippen LogP contribution in [0.1, 0.15) is 12.5 Å². The number of pyridine rings is 1. The average Bonchev–Trinajstić information content (AvgIpc) is 2.47. The van der Waals surface area contributed by atoms with Gasteiger partial charge in [-0.25, -0.2) is 4.98 Å². The highest BCUT2D eigenvalue weighted by Crippen LogP contribution is 2.13. The third kappa shape index (κ3) is 1.14. The molecule has 0 aromatic carbocycles. The number of aryl methyl sites for hydroxylation is 1. The molecule has 2 aromatic heterocycles. The van der Waals surface area contributed by atoms with Gasteiger partial charge in [0.15, 0.2) is 0 Å². The molecule has 0 unspecified atom stereocenters. The van der Waals surface area contributed by atoms with Crippen LogP contribution in [0.15, 0.2) is 29.1 Å². The van der Waals surface area contributed by atoms with Gasteiger partial charge in [0.2, 0.25) is 0 Å². The fraction of sp³-hybridized carbons (Fsp3) is 0.222. The number of imidazole rings is 1. The van der Waals surface area contributed by atoms with E-state index in [0.29, 0.717) is 0 Å². The summed E-state index contributed by atoms with van der Waals surface area (Å²) in [6.45, 7) is 2.14. The summed E-state index contributed by atoms with van der Waals surface area (Å²) in [5.41, 5.74) is 2.31. The molecule has 2 rings (SSSR count). The highest BCUT2D eigenvalue weighted by Gasteiger charge is 1.99. The van der Waals surface area contributed by atoms with Crippen LogP contribution in [0.4, 0.5) is 0 Å². The van der Waals surface area contributed by atoms with E-state index in [-0.39, 0.29) is 0 Å². The Morgan fingerprint density at radius 2 is 2.33 bits per heavy atom. The Kier molecular flexibility index (Phi) is 1.89. The van der Waals surface area contributed by atoms with Crippen LogP contribution in [0.5, 0.6) is 0 Å². The molecule has 0 aliphatic carbocycles. The largest absolute Gasteiger partial charge is 0.294 e. The Morgan fingerprint density at radius 1 is 1.50 bits per heavy atom. The van der Waals surface area contributed by atoms with Crippen molar-refractivity contribution in [2.75, 3.05) is 0 Å². The zero-order valence-corrected chi connectivity index (χ0v) is 8.37. The van der Waals surface area contributed by atoms with Gasteiger partial charge in [0.25, 0.3) is 0 Å². The van der Waals surface area contributed by atoms with Gasteiger partial charge in [0, 0.05) is 6.20 Å². The first-order valence-corrected chi connectivity index (χ1v) is 4.72. The summed E-state index contributed by atoms with van der Waals surface area (Å²) in [6, 6.07) is 4.14. The maximum absolute atomic E-state index is 4.21. The molecule has 0 radical (unpaired) electrons. The Balaban J connectivity index is 2.71. The van der Waals surface area contributed by atoms with Crippen LogP contribution in [0, 0.1) is 0 Å². The van der Waals surface area contributed by atoms with E-state index in [0.717, 1.165) is 16.7 Å². The van der Waals surface area contributed by atoms with E-state index in [4.69, 9.17) is 0 Å². The van der Waals surface area contributed by atoms with Gasteiger partial charge >= 0.3 is 0 Å². The fourth-order valence-corrected chi connectivity index (χ4v) is 1.59. The van der Waals surface area contributed by atoms with E-state index < -0.39 is 0 Å². The number of halogens is 1. The lowest BCUT2D eigenvalue weighted by Gasteiger charge is -1.98. The molecule has 0 atom stereocenters. The van der Waals surface area contributed by atoms with Crippen molar-refractivity contribution in [3.05, 3.63) is 34.7 Å². The van der Waals surface area contributed by atoms with Crippen LogP contribution in [0.25, 0.3) is 5.65 Å². The molecule has 62 valence electrons. The monoisotopic (exact) mass is 224 g/mol. The standard InChI is InChI=1S/C9H9BrN2/c1-2-7-3-4-9-11-5-8(10)12(9)6-7/h3-6H,2H2,1H3. The zero-order chi connectivity index (χ0) is 8.55. The summed E-state index contributed by atoms with van der Waals surface area (Å²) in [5, 5.41) is 0. The van der Waals surface area contributed by atoms with E-state index >= 15 is 0 Å². The second kappa shape index (κ2) is 2.90. The van der Waals surface area contributed by atoms with Crippen molar-refractivity contribution in [3.8, 4) is 0 Å². The van der Waals surface area contributed by atoms with Crippen molar-refractivity contribution in [3.63, 3.8) is 0 Å². The first-order valence-electron chi connectivity index (χ1n) is 3.92. The molecule has 2 nitrogen and oxygen atoms in total. The predicted molar refractivity (Wildman–Crippen MR) is 52.3 cm³/mol. The van der Waals surface area contributed by atoms with Crippen LogP contribution in [0.3, 0.4) is 0 Å². The van der Waals surface area contributed by atoms with Gasteiger partial charge in [-0.2, -0.15) is 0 Å². The average molecular weight is 225 g/mol. The minimum Gasteiger partial charge on any atom is -0.294 e. The van der Waals surface area contributed by atoms with Gasteiger partial charge in [-0.1, -0.05) is 13.0 Å². The Hall–Kier alpha value is -0.830. The first-order chi connectivity index (χ1) is 5.81. The molecule has 0 amide bonds. The Labute approximate surface area is 79.4 Å². The third-order valence-electron chi connectivity index (χ3n) is 1.93. The number of hydrogen-bond donors (Lipinski definition) is 0. The topological polar surface area (TPSA) is 17.3 Å². The lowest BCUT2D eigenvalue weighted by Crippen LogP contribution is -1.88. The maximum atomic E-state index is 4.21. The van der Waals surface area contributed by atoms with E-state index in [2.05, 4.69) is 40.1 Å². The lowest BCUT2D eigenvalue weighted by atomic mass is 10.2. The molecule has 2 aromatic rings. The summed E-state index contributed by atoms with van der Waals surface area (Å²) in [5.74, 6) is 0. The molecule has 0 fully saturated rings. The highest BCUT2D eigenvalue weighted by molar-refractivity contribution is 9.10. The van der Waals surface area contributed by atoms with Gasteiger partial charge < -0.3 is 0 Å². The van der Waals surface area contributed by atoms with Gasteiger partial charge in [0.05, 0.1) is 6.20 Å². The van der Waals surface area contributed by atoms with Crippen LogP contribution >= 0.6 is 15.9 Å². The molecular formula is C9H9BrN2. The number of rotatable bonds is 1. The molecule has 0 aliphatic heterocycles. The summed E-state index contributed by atoms with van der Waals surface area (Å²) in [6.07, 6.45) is 4.97. The van der Waals surface area contributed by atoms with E-state index in [1.54, 1.807) is 0 Å². The quantitative estimate of drug-likeness (QED) is 0.729. The second-order valence-electron chi connectivity index (χ2n) is 2.70. The number of fused-ring (bicyclic) bond motifs is 1. The van der Waals surface area contributed by atoms with Gasteiger partial charge in [-0.15, -0.1) is 0 Å². The van der Waals surface area contributed by atoms with Crippen molar-refractivity contribution in [2.24, 2.45) is 0 Å². The molecule has 2 heterocycles. The van der Waals surface area contributed by atoms with Crippen molar-refractivity contribution in [2.45, 2.75) is 13.3 Å². The molecule has 12 heavy (non-hydrogen) atoms. The smallest absolute Gasteiger partial charge is 0.137 e. The molecule has 0 spiro atoms. The normalized spacial score (nSPS) is 10.8. The number of nitrogens with zero attached hydrogens (tertiary/aromatic N) is 2. The number of hydrogen-bond acceptors (Lipinski definition) is 1. The summed E-state index contributed by atoms with van der Waals surface area (Å²) in [7, 11) is 0. The van der Waals surface area contributed by atoms with Crippen molar-refractivity contribution >= 4 is 21.6 Å². The van der Waals surface area contributed by atoms with E-state index in [1.807, 2.05) is 16.7 Å². The molecule has 0 N–H and O–H groups in total. The van der Waals surface area contributed by atoms with Crippen LogP contribution in [0.2, 0.25) is 0 Å². The van der Waals surface area contributed by atoms with E-state index in [1.165, 1.54) is 5.56 Å². The molecule has 0 saturated carbocycles. The Morgan fingerprint density at radius 3 is 3.08 bits per heavy atom. The van der Waals surface area contributed by atoms with E-state index in [9.17, 15) is 0 Å². The van der Waals surface area contributed by atoms with Crippen molar-refractivity contribution < 1.29 is 0 Å². The third-order valence-corrected chi connectivity index (χ3v) is 2.52. The minimum absolute atomic E-state index is 0.985. The maximum Gasteiger partial charge on any atom is 0.137 e. The Bertz CT molecular complexity index is 406. The van der Waals surface area contributed by atoms with Gasteiger partial charge in [-0.3, -0.25) is 4.40 Å². The molecule has 0 saturated heterocycles. The zero-order valence-electron chi connectivity index (χ0n) is 6.79. The predicted octanol–water partition coefficient (Wildman–Crippen LogP) is 2.66. The van der Waals surface area contributed by atoms with Crippen molar-refractivity contribution in [1.82, 2.24) is 9.38 Å². The highest BCUT2D eigenvalue weighted by atomic mass is 79.9. The van der Waals surface area contributed by atoms with Crippen molar-refractivity contribution in [1.29, 1.82) is 0 Å². The SMILES string of the molecule is CCc1ccc2ncc(Br)n2c1. The summed E-state index contributed by atoms with van der Waals surface area (Å²) >= 11 is 3.43. The minimum atomic E-state index is 0.985. The molecule has 3 heteroatoms. The molecule has 0 bridgehead atoms. The lowest BCUT2D eigenvalue weighted by molar-refractivity contribution is 1.06. The van der Waals surface area contributed by atoms with Crippen LogP contribution in [-0.2, 0) is 6.42 Å².